The average molecular weight is 513 g/mol. The molecule has 0 radical (unpaired) electrons. The van der Waals surface area contributed by atoms with Crippen molar-refractivity contribution in [3.8, 4) is 0 Å². The Morgan fingerprint density at radius 1 is 1.16 bits per heavy atom. The number of carbonyl (C=O) groups is 2. The molecule has 37 heavy (non-hydrogen) atoms. The lowest BCUT2D eigenvalue weighted by Crippen LogP contribution is -2.69. The standard InChI is InChI=1S/C27H32N2O8/c30-10-9-28-26(32)27-12-20-21-22(34-14-33-21)24(27)37-29(23(27)25(31)36-20)13-17-4-2-1-3-16(17)7-5-15-6-8-18-19(11-15)35-18/h1-5,7,15,18-24,30H,6,8-14H2,(H,28,32). The number of esters is 1. The number of hydrogen-bond acceptors (Lipinski definition) is 9. The Bertz CT molecular complexity index is 1110. The van der Waals surface area contributed by atoms with Crippen molar-refractivity contribution in [1.29, 1.82) is 0 Å². The van der Waals surface area contributed by atoms with Gasteiger partial charge in [0.25, 0.3) is 0 Å². The fourth-order valence-electron chi connectivity index (χ4n) is 7.03. The number of aliphatic hydroxyl groups is 1. The first kappa shape index (κ1) is 23.8. The van der Waals surface area contributed by atoms with Gasteiger partial charge in [-0.2, -0.15) is 5.06 Å². The van der Waals surface area contributed by atoms with Crippen molar-refractivity contribution in [3.63, 3.8) is 0 Å². The summed E-state index contributed by atoms with van der Waals surface area (Å²) in [4.78, 5) is 33.4. The highest BCUT2D eigenvalue weighted by Crippen LogP contribution is 2.55. The highest BCUT2D eigenvalue weighted by atomic mass is 16.8. The van der Waals surface area contributed by atoms with Crippen molar-refractivity contribution in [2.24, 2.45) is 11.3 Å². The van der Waals surface area contributed by atoms with Gasteiger partial charge < -0.3 is 29.4 Å². The van der Waals surface area contributed by atoms with Gasteiger partial charge in [-0.3, -0.25) is 14.4 Å². The summed E-state index contributed by atoms with van der Waals surface area (Å²) in [5.74, 6) is -0.343. The van der Waals surface area contributed by atoms with Crippen LogP contribution in [0.1, 0.15) is 36.8 Å². The van der Waals surface area contributed by atoms with Crippen molar-refractivity contribution >= 4 is 18.0 Å². The zero-order valence-corrected chi connectivity index (χ0v) is 20.5. The zero-order valence-electron chi connectivity index (χ0n) is 20.5. The SMILES string of the molecule is O=C1OC2CC3(C(=O)NCCO)C(ON(Cc4ccccc4C=CC4CCC5OC5C4)C13)C1OCOC21. The third-order valence-electron chi connectivity index (χ3n) is 8.87. The maximum Gasteiger partial charge on any atom is 0.327 e. The Morgan fingerprint density at radius 2 is 2.03 bits per heavy atom. The van der Waals surface area contributed by atoms with Crippen LogP contribution in [0, 0.1) is 11.3 Å². The number of benzene rings is 1. The monoisotopic (exact) mass is 512 g/mol. The van der Waals surface area contributed by atoms with Gasteiger partial charge >= 0.3 is 5.97 Å². The second kappa shape index (κ2) is 9.14. The number of carbonyl (C=O) groups excluding carboxylic acids is 2. The lowest BCUT2D eigenvalue weighted by molar-refractivity contribution is -0.201. The molecule has 0 aromatic heterocycles. The van der Waals surface area contributed by atoms with Crippen LogP contribution in [-0.4, -0.2) is 84.7 Å². The van der Waals surface area contributed by atoms with Crippen LogP contribution >= 0.6 is 0 Å². The van der Waals surface area contributed by atoms with E-state index in [1.54, 1.807) is 5.06 Å². The van der Waals surface area contributed by atoms with E-state index in [9.17, 15) is 14.7 Å². The van der Waals surface area contributed by atoms with E-state index in [2.05, 4.69) is 23.5 Å². The van der Waals surface area contributed by atoms with E-state index in [0.29, 0.717) is 24.7 Å². The summed E-state index contributed by atoms with van der Waals surface area (Å²) in [5, 5.41) is 13.7. The normalized spacial score (nSPS) is 41.8. The van der Waals surface area contributed by atoms with Gasteiger partial charge in [-0.25, -0.2) is 0 Å². The third-order valence-corrected chi connectivity index (χ3v) is 8.87. The fourth-order valence-corrected chi connectivity index (χ4v) is 7.03. The van der Waals surface area contributed by atoms with Crippen molar-refractivity contribution in [3.05, 3.63) is 41.5 Å². The van der Waals surface area contributed by atoms with Crippen LogP contribution in [0.3, 0.4) is 0 Å². The van der Waals surface area contributed by atoms with Crippen molar-refractivity contribution in [1.82, 2.24) is 10.4 Å². The zero-order chi connectivity index (χ0) is 25.1. The maximum absolute atomic E-state index is 13.6. The molecule has 1 aromatic carbocycles. The summed E-state index contributed by atoms with van der Waals surface area (Å²) >= 11 is 0. The van der Waals surface area contributed by atoms with Gasteiger partial charge in [0.1, 0.15) is 36.6 Å². The summed E-state index contributed by atoms with van der Waals surface area (Å²) in [6.45, 7) is 0.249. The fraction of sp³-hybridized carbons (Fsp3) is 0.630. The van der Waals surface area contributed by atoms with E-state index in [1.807, 2.05) is 18.2 Å². The molecule has 6 aliphatic rings. The first-order valence-corrected chi connectivity index (χ1v) is 13.3. The first-order chi connectivity index (χ1) is 18.1. The Morgan fingerprint density at radius 3 is 2.89 bits per heavy atom. The third kappa shape index (κ3) is 3.85. The van der Waals surface area contributed by atoms with E-state index in [1.165, 1.54) is 0 Å². The molecule has 2 N–H and O–H groups in total. The smallest absolute Gasteiger partial charge is 0.327 e. The summed E-state index contributed by atoms with van der Waals surface area (Å²) < 4.78 is 23.1. The summed E-state index contributed by atoms with van der Waals surface area (Å²) in [5.41, 5.74) is 0.825. The van der Waals surface area contributed by atoms with Gasteiger partial charge in [-0.05, 0) is 36.3 Å². The van der Waals surface area contributed by atoms with Gasteiger partial charge in [0.2, 0.25) is 5.91 Å². The second-order valence-electron chi connectivity index (χ2n) is 10.9. The summed E-state index contributed by atoms with van der Waals surface area (Å²) in [6.07, 6.45) is 6.58. The van der Waals surface area contributed by atoms with Crippen molar-refractivity contribution < 1.29 is 38.5 Å². The molecule has 4 heterocycles. The largest absolute Gasteiger partial charge is 0.458 e. The Hall–Kier alpha value is -2.34. The van der Waals surface area contributed by atoms with Crippen LogP contribution in [0.4, 0.5) is 0 Å². The number of hydrogen-bond donors (Lipinski definition) is 2. The number of aliphatic hydroxyl groups excluding tert-OH is 1. The Kier molecular flexibility index (Phi) is 5.87. The average Bonchev–Trinajstić information content (AvgIpc) is 3.34. The summed E-state index contributed by atoms with van der Waals surface area (Å²) in [6, 6.07) is 7.09. The van der Waals surface area contributed by atoms with Crippen molar-refractivity contribution in [2.45, 2.75) is 74.9 Å². The van der Waals surface area contributed by atoms with E-state index in [0.717, 1.165) is 30.4 Å². The van der Waals surface area contributed by atoms with Gasteiger partial charge in [0.15, 0.2) is 6.04 Å². The number of hydroxylamine groups is 2. The van der Waals surface area contributed by atoms with Gasteiger partial charge in [-0.15, -0.1) is 0 Å². The molecule has 9 atom stereocenters. The molecule has 0 spiro atoms. The topological polar surface area (TPSA) is 119 Å². The minimum atomic E-state index is -1.20. The van der Waals surface area contributed by atoms with Gasteiger partial charge in [-0.1, -0.05) is 36.4 Å². The van der Waals surface area contributed by atoms with Crippen LogP contribution in [0.15, 0.2) is 30.3 Å². The predicted octanol–water partition coefficient (Wildman–Crippen LogP) is 0.917. The molecule has 2 bridgehead atoms. The molecule has 1 aromatic rings. The lowest BCUT2D eigenvalue weighted by Gasteiger charge is -2.48. The van der Waals surface area contributed by atoms with Crippen LogP contribution in [0.2, 0.25) is 0 Å². The molecule has 9 unspecified atom stereocenters. The molecule has 1 amide bonds. The number of ether oxygens (including phenoxy) is 4. The molecule has 10 heteroatoms. The molecule has 4 aliphatic heterocycles. The van der Waals surface area contributed by atoms with E-state index >= 15 is 0 Å². The van der Waals surface area contributed by atoms with E-state index in [-0.39, 0.29) is 32.3 Å². The molecular formula is C27H32N2O8. The Balaban J connectivity index is 1.18. The van der Waals surface area contributed by atoms with Gasteiger partial charge in [0.05, 0.1) is 25.4 Å². The van der Waals surface area contributed by atoms with Crippen molar-refractivity contribution in [2.75, 3.05) is 19.9 Å². The number of allylic oxidation sites excluding steroid dienone is 1. The second-order valence-corrected chi connectivity index (χ2v) is 10.9. The Labute approximate surface area is 214 Å². The molecule has 198 valence electrons. The number of fused-ring (bicyclic) bond motifs is 5. The molecule has 2 aliphatic carbocycles. The van der Waals surface area contributed by atoms with Crippen LogP contribution in [0.25, 0.3) is 6.08 Å². The van der Waals surface area contributed by atoms with E-state index < -0.39 is 41.8 Å². The van der Waals surface area contributed by atoms with Gasteiger partial charge in [0, 0.05) is 13.0 Å². The number of amides is 1. The highest BCUT2D eigenvalue weighted by molar-refractivity contribution is 5.93. The number of epoxide rings is 1. The molecule has 4 saturated heterocycles. The maximum atomic E-state index is 13.6. The highest BCUT2D eigenvalue weighted by Gasteiger charge is 2.74. The van der Waals surface area contributed by atoms with Crippen LogP contribution < -0.4 is 5.32 Å². The number of nitrogens with zero attached hydrogens (tertiary/aromatic N) is 1. The van der Waals surface area contributed by atoms with Crippen LogP contribution in [-0.2, 0) is 39.9 Å². The molecular weight excluding hydrogens is 480 g/mol. The number of nitrogens with one attached hydrogen (secondary N) is 1. The lowest BCUT2D eigenvalue weighted by atomic mass is 9.62. The van der Waals surface area contributed by atoms with Crippen LogP contribution in [0.5, 0.6) is 0 Å². The van der Waals surface area contributed by atoms with E-state index in [4.69, 9.17) is 23.8 Å². The molecule has 10 nitrogen and oxygen atoms in total. The predicted molar refractivity (Wildman–Crippen MR) is 127 cm³/mol. The minimum absolute atomic E-state index is 0.0592. The summed E-state index contributed by atoms with van der Waals surface area (Å²) in [7, 11) is 0. The molecule has 6 fully saturated rings. The molecule has 2 saturated carbocycles. The first-order valence-electron chi connectivity index (χ1n) is 13.3. The number of rotatable bonds is 7. The quantitative estimate of drug-likeness (QED) is 0.406. The molecule has 7 rings (SSSR count). The minimum Gasteiger partial charge on any atom is -0.458 e.